The minimum Gasteiger partial charge on any atom is -0.463 e. The predicted octanol–water partition coefficient (Wildman–Crippen LogP) is 7.11. The van der Waals surface area contributed by atoms with Gasteiger partial charge in [-0.25, -0.2) is 0 Å². The van der Waals surface area contributed by atoms with E-state index in [1.165, 1.54) is 19.3 Å². The van der Waals surface area contributed by atoms with Crippen LogP contribution in [0.2, 0.25) is 0 Å². The normalized spacial score (nSPS) is 47.8. The van der Waals surface area contributed by atoms with Gasteiger partial charge in [0, 0.05) is 12.3 Å². The fourth-order valence-electron chi connectivity index (χ4n) is 8.87. The van der Waals surface area contributed by atoms with E-state index in [9.17, 15) is 4.79 Å². The number of ether oxygens (including phenoxy) is 2. The van der Waals surface area contributed by atoms with E-state index in [0.717, 1.165) is 31.6 Å². The van der Waals surface area contributed by atoms with Gasteiger partial charge < -0.3 is 9.47 Å². The van der Waals surface area contributed by atoms with Crippen LogP contribution in [0.3, 0.4) is 0 Å². The number of hydrogen-bond acceptors (Lipinski definition) is 3. The Hall–Kier alpha value is -1.09. The highest BCUT2D eigenvalue weighted by atomic mass is 16.6. The van der Waals surface area contributed by atoms with Gasteiger partial charge in [0.25, 0.3) is 0 Å². The molecule has 0 N–H and O–H groups in total. The monoisotopic (exact) mass is 454 g/mol. The first kappa shape index (κ1) is 23.6. The molecule has 0 radical (unpaired) electrons. The molecule has 0 unspecified atom stereocenters. The molecular weight excluding hydrogens is 408 g/mol. The van der Waals surface area contributed by atoms with Crippen molar-refractivity contribution in [2.75, 3.05) is 0 Å². The van der Waals surface area contributed by atoms with E-state index in [-0.39, 0.29) is 23.1 Å². The molecule has 4 aliphatic carbocycles. The van der Waals surface area contributed by atoms with Crippen molar-refractivity contribution < 1.29 is 14.3 Å². The van der Waals surface area contributed by atoms with Crippen molar-refractivity contribution in [3.05, 3.63) is 23.8 Å². The molecule has 1 aliphatic heterocycles. The van der Waals surface area contributed by atoms with Gasteiger partial charge in [-0.15, -0.1) is 0 Å². The van der Waals surface area contributed by atoms with Gasteiger partial charge in [-0.3, -0.25) is 4.79 Å². The summed E-state index contributed by atoms with van der Waals surface area (Å²) < 4.78 is 12.5. The third kappa shape index (κ3) is 3.42. The van der Waals surface area contributed by atoms with Gasteiger partial charge in [0.15, 0.2) is 0 Å². The highest BCUT2D eigenvalue weighted by Gasteiger charge is 2.77. The number of allylic oxidation sites excluding steroid dienone is 3. The second kappa shape index (κ2) is 7.97. The van der Waals surface area contributed by atoms with Crippen molar-refractivity contribution in [1.82, 2.24) is 0 Å². The van der Waals surface area contributed by atoms with Gasteiger partial charge in [-0.2, -0.15) is 0 Å². The van der Waals surface area contributed by atoms with E-state index in [1.54, 1.807) is 12.5 Å². The molecule has 10 atom stereocenters. The van der Waals surface area contributed by atoms with E-state index in [2.05, 4.69) is 59.8 Å². The number of fused-ring (bicyclic) bond motifs is 3. The molecule has 33 heavy (non-hydrogen) atoms. The zero-order valence-corrected chi connectivity index (χ0v) is 22.0. The minimum atomic E-state index is -0.134. The van der Waals surface area contributed by atoms with Gasteiger partial charge in [-0.05, 0) is 91.4 Å². The van der Waals surface area contributed by atoms with Crippen molar-refractivity contribution in [2.45, 2.75) is 111 Å². The summed E-state index contributed by atoms with van der Waals surface area (Å²) in [5.74, 6) is 3.81. The summed E-state index contributed by atoms with van der Waals surface area (Å²) in [5.41, 5.74) is 2.18. The molecule has 184 valence electrons. The fourth-order valence-corrected chi connectivity index (χ4v) is 8.87. The first-order chi connectivity index (χ1) is 15.5. The SMILES string of the molecule is CC(=O)O[C@@H]1CC[C@]2(C)[C@@H](CC=C3[C@@H]4CC[C@@H]([C@H](C)/C=C/[C@H](C)C(C)C)[C@]4(C)C[C@H]4O[C@@]342)C1. The van der Waals surface area contributed by atoms with E-state index in [4.69, 9.17) is 9.47 Å². The average molecular weight is 455 g/mol. The molecule has 1 spiro atoms. The molecule has 3 nitrogen and oxygen atoms in total. The molecule has 1 saturated heterocycles. The Morgan fingerprint density at radius 1 is 1.15 bits per heavy atom. The molecule has 1 heterocycles. The summed E-state index contributed by atoms with van der Waals surface area (Å²) >= 11 is 0. The first-order valence-electron chi connectivity index (χ1n) is 13.8. The molecule has 0 aromatic rings. The smallest absolute Gasteiger partial charge is 0.302 e. The van der Waals surface area contributed by atoms with E-state index < -0.39 is 0 Å². The summed E-state index contributed by atoms with van der Waals surface area (Å²) in [6.07, 6.45) is 16.2. The Labute approximate surface area is 201 Å². The van der Waals surface area contributed by atoms with Crippen LogP contribution in [0.1, 0.15) is 93.4 Å². The summed E-state index contributed by atoms with van der Waals surface area (Å²) in [6, 6.07) is 0. The van der Waals surface area contributed by atoms with Crippen LogP contribution in [0.15, 0.2) is 23.8 Å². The Bertz CT molecular complexity index is 857. The zero-order valence-electron chi connectivity index (χ0n) is 22.0. The number of carbonyl (C=O) groups is 1. The lowest BCUT2D eigenvalue weighted by Gasteiger charge is -2.55. The molecule has 3 saturated carbocycles. The largest absolute Gasteiger partial charge is 0.463 e. The van der Waals surface area contributed by atoms with Gasteiger partial charge >= 0.3 is 5.97 Å². The Morgan fingerprint density at radius 3 is 2.61 bits per heavy atom. The minimum absolute atomic E-state index is 0.0264. The van der Waals surface area contributed by atoms with Crippen LogP contribution in [-0.2, 0) is 14.3 Å². The molecule has 3 heteroatoms. The van der Waals surface area contributed by atoms with Gasteiger partial charge in [0.1, 0.15) is 11.7 Å². The van der Waals surface area contributed by atoms with Crippen molar-refractivity contribution >= 4 is 5.97 Å². The van der Waals surface area contributed by atoms with Crippen LogP contribution in [-0.4, -0.2) is 23.8 Å². The topological polar surface area (TPSA) is 38.8 Å². The highest BCUT2D eigenvalue weighted by molar-refractivity contribution is 5.66. The molecule has 0 aromatic carbocycles. The van der Waals surface area contributed by atoms with Crippen molar-refractivity contribution in [3.63, 3.8) is 0 Å². The van der Waals surface area contributed by atoms with Gasteiger partial charge in [-0.1, -0.05) is 59.8 Å². The Morgan fingerprint density at radius 2 is 1.91 bits per heavy atom. The standard InChI is InChI=1S/C30H46O3/c1-18(2)19(3)8-9-20(4)24-12-13-25-26-11-10-22-16-23(32-21(5)31)14-15-29(22,7)30(26)27(33-30)17-28(24,25)6/h8-9,11,18-20,22-25,27H,10,12-17H2,1-7H3/b9-8+/t19-,20+,22-,23+,24-,25-,27+,28-,29+,30-/m0/s1. The quantitative estimate of drug-likeness (QED) is 0.252. The molecule has 5 rings (SSSR count). The summed E-state index contributed by atoms with van der Waals surface area (Å²) in [7, 11) is 0. The maximum Gasteiger partial charge on any atom is 0.302 e. The predicted molar refractivity (Wildman–Crippen MR) is 133 cm³/mol. The van der Waals surface area contributed by atoms with Crippen molar-refractivity contribution in [2.24, 2.45) is 46.3 Å². The van der Waals surface area contributed by atoms with E-state index in [1.807, 2.05) is 0 Å². The Kier molecular flexibility index (Phi) is 5.71. The first-order valence-corrected chi connectivity index (χ1v) is 13.8. The molecule has 5 aliphatic rings. The van der Waals surface area contributed by atoms with Crippen molar-refractivity contribution in [3.8, 4) is 0 Å². The summed E-state index contributed by atoms with van der Waals surface area (Å²) in [5, 5.41) is 0. The Balaban J connectivity index is 1.38. The summed E-state index contributed by atoms with van der Waals surface area (Å²) in [6.45, 7) is 16.1. The summed E-state index contributed by atoms with van der Waals surface area (Å²) in [4.78, 5) is 11.6. The van der Waals surface area contributed by atoms with E-state index in [0.29, 0.717) is 41.1 Å². The van der Waals surface area contributed by atoms with Crippen LogP contribution in [0.25, 0.3) is 0 Å². The number of epoxide rings is 1. The fraction of sp³-hybridized carbons (Fsp3) is 0.833. The highest BCUT2D eigenvalue weighted by Crippen LogP contribution is 2.75. The van der Waals surface area contributed by atoms with Gasteiger partial charge in [0.2, 0.25) is 0 Å². The maximum absolute atomic E-state index is 11.6. The lowest BCUT2D eigenvalue weighted by Crippen LogP contribution is -2.56. The molecule has 0 aromatic heterocycles. The van der Waals surface area contributed by atoms with Crippen molar-refractivity contribution in [1.29, 1.82) is 0 Å². The number of hydrogen-bond donors (Lipinski definition) is 0. The lowest BCUT2D eigenvalue weighted by molar-refractivity contribution is -0.152. The number of rotatable bonds is 5. The molecular formula is C30H46O3. The second-order valence-electron chi connectivity index (χ2n) is 13.2. The zero-order chi connectivity index (χ0) is 23.8. The average Bonchev–Trinajstić information content (AvgIpc) is 3.36. The number of carbonyl (C=O) groups excluding carboxylic acids is 1. The molecule has 0 amide bonds. The maximum atomic E-state index is 11.6. The van der Waals surface area contributed by atoms with Crippen LogP contribution in [0.4, 0.5) is 0 Å². The van der Waals surface area contributed by atoms with Crippen LogP contribution < -0.4 is 0 Å². The molecule has 0 bridgehead atoms. The van der Waals surface area contributed by atoms with Crippen LogP contribution in [0.5, 0.6) is 0 Å². The number of esters is 1. The third-order valence-electron chi connectivity index (χ3n) is 11.2. The van der Waals surface area contributed by atoms with Crippen LogP contribution in [0, 0.1) is 46.3 Å². The van der Waals surface area contributed by atoms with E-state index >= 15 is 0 Å². The second-order valence-corrected chi connectivity index (χ2v) is 13.2. The van der Waals surface area contributed by atoms with Crippen LogP contribution >= 0.6 is 0 Å². The van der Waals surface area contributed by atoms with Gasteiger partial charge in [0.05, 0.1) is 6.10 Å². The molecule has 4 fully saturated rings. The third-order valence-corrected chi connectivity index (χ3v) is 11.2. The lowest BCUT2D eigenvalue weighted by atomic mass is 9.47.